The second-order valence-electron chi connectivity index (χ2n) is 6.50. The van der Waals surface area contributed by atoms with Gasteiger partial charge in [0.05, 0.1) is 35.0 Å². The van der Waals surface area contributed by atoms with Crippen LogP contribution in [0.5, 0.6) is 5.75 Å². The van der Waals surface area contributed by atoms with Crippen LogP contribution in [-0.4, -0.2) is 34.1 Å². The van der Waals surface area contributed by atoms with Gasteiger partial charge in [0.2, 0.25) is 0 Å². The quantitative estimate of drug-likeness (QED) is 0.519. The number of carbonyl (C=O) groups excluding carboxylic acids is 2. The Labute approximate surface area is 169 Å². The summed E-state index contributed by atoms with van der Waals surface area (Å²) in [5.41, 5.74) is 2.70. The molecule has 0 saturated heterocycles. The van der Waals surface area contributed by atoms with E-state index in [0.29, 0.717) is 33.2 Å². The van der Waals surface area contributed by atoms with Gasteiger partial charge in [0, 0.05) is 22.8 Å². The Bertz CT molecular complexity index is 1300. The van der Waals surface area contributed by atoms with E-state index in [-0.39, 0.29) is 11.1 Å². The molecule has 0 spiro atoms. The van der Waals surface area contributed by atoms with Gasteiger partial charge in [0.25, 0.3) is 11.8 Å². The van der Waals surface area contributed by atoms with Crippen LogP contribution in [0.15, 0.2) is 54.7 Å². The molecular weight excluding hydrogens is 392 g/mol. The number of aromatic amines is 1. The molecule has 0 saturated carbocycles. The molecule has 29 heavy (non-hydrogen) atoms. The molecule has 8 heteroatoms. The molecule has 7 nitrogen and oxygen atoms in total. The van der Waals surface area contributed by atoms with Gasteiger partial charge < -0.3 is 4.74 Å². The highest BCUT2D eigenvalue weighted by molar-refractivity contribution is 6.38. The maximum Gasteiger partial charge on any atom is 0.267 e. The van der Waals surface area contributed by atoms with E-state index >= 15 is 0 Å². The Balaban J connectivity index is 1.71. The number of amides is 2. The van der Waals surface area contributed by atoms with Gasteiger partial charge in [-0.15, -0.1) is 0 Å². The second-order valence-corrected chi connectivity index (χ2v) is 6.93. The summed E-state index contributed by atoms with van der Waals surface area (Å²) in [6.45, 7) is 0. The van der Waals surface area contributed by atoms with Crippen molar-refractivity contribution in [2.45, 2.75) is 0 Å². The minimum absolute atomic E-state index is 0.238. The number of carbonyl (C=O) groups is 2. The zero-order valence-corrected chi connectivity index (χ0v) is 15.9. The monoisotopic (exact) mass is 404 g/mol. The van der Waals surface area contributed by atoms with Crippen LogP contribution < -0.4 is 9.64 Å². The number of fused-ring (bicyclic) bond motifs is 3. The van der Waals surface area contributed by atoms with Crippen LogP contribution in [-0.2, 0) is 0 Å². The van der Waals surface area contributed by atoms with E-state index in [0.717, 1.165) is 10.5 Å². The number of rotatable bonds is 3. The minimum Gasteiger partial charge on any atom is -0.497 e. The lowest BCUT2D eigenvalue weighted by Crippen LogP contribution is -2.29. The van der Waals surface area contributed by atoms with Crippen LogP contribution in [0.3, 0.4) is 0 Å². The van der Waals surface area contributed by atoms with Gasteiger partial charge in [-0.05, 0) is 24.3 Å². The van der Waals surface area contributed by atoms with E-state index in [2.05, 4.69) is 15.2 Å². The van der Waals surface area contributed by atoms with Crippen molar-refractivity contribution in [3.05, 3.63) is 70.9 Å². The number of nitrogens with zero attached hydrogens (tertiary/aromatic N) is 3. The molecule has 2 aromatic heterocycles. The summed E-state index contributed by atoms with van der Waals surface area (Å²) in [6, 6.07) is 13.9. The molecule has 1 aliphatic heterocycles. The third-order valence-corrected chi connectivity index (χ3v) is 5.13. The standard InChI is InChI=1S/C21H13ClN4O3/c1-29-14-4-2-3-13(9-14)26-20(27)15-10-23-19-17(16(15)21(26)28)18(24-25-19)11-5-7-12(22)8-6-11/h2-10H,1H3,(H,23,24,25). The fraction of sp³-hybridized carbons (Fsp3) is 0.0476. The van der Waals surface area contributed by atoms with Gasteiger partial charge in [-0.1, -0.05) is 29.8 Å². The number of hydrogen-bond acceptors (Lipinski definition) is 5. The van der Waals surface area contributed by atoms with Gasteiger partial charge in [0.1, 0.15) is 5.75 Å². The van der Waals surface area contributed by atoms with Gasteiger partial charge in [-0.3, -0.25) is 14.7 Å². The molecule has 0 unspecified atom stereocenters. The van der Waals surface area contributed by atoms with Crippen LogP contribution in [0.2, 0.25) is 5.02 Å². The van der Waals surface area contributed by atoms with Crippen LogP contribution in [0.25, 0.3) is 22.3 Å². The first-order valence-electron chi connectivity index (χ1n) is 8.74. The summed E-state index contributed by atoms with van der Waals surface area (Å²) in [5, 5.41) is 8.24. The number of aromatic nitrogens is 3. The molecule has 3 heterocycles. The molecule has 0 radical (unpaired) electrons. The number of halogens is 1. The number of nitrogens with one attached hydrogen (secondary N) is 1. The molecule has 142 valence electrons. The van der Waals surface area contributed by atoms with E-state index in [1.165, 1.54) is 13.3 Å². The molecule has 0 aliphatic carbocycles. The van der Waals surface area contributed by atoms with Crippen molar-refractivity contribution in [3.63, 3.8) is 0 Å². The van der Waals surface area contributed by atoms with Crippen molar-refractivity contribution in [3.8, 4) is 17.0 Å². The zero-order chi connectivity index (χ0) is 20.1. The Morgan fingerprint density at radius 1 is 1.07 bits per heavy atom. The molecule has 2 aromatic carbocycles. The van der Waals surface area contributed by atoms with E-state index in [1.54, 1.807) is 36.4 Å². The predicted octanol–water partition coefficient (Wildman–Crippen LogP) is 4.09. The lowest BCUT2D eigenvalue weighted by Gasteiger charge is -2.14. The summed E-state index contributed by atoms with van der Waals surface area (Å²) in [5.74, 6) is -0.314. The smallest absolute Gasteiger partial charge is 0.267 e. The Hall–Kier alpha value is -3.71. The Kier molecular flexibility index (Phi) is 3.85. The zero-order valence-electron chi connectivity index (χ0n) is 15.1. The highest BCUT2D eigenvalue weighted by Gasteiger charge is 2.40. The normalized spacial score (nSPS) is 13.2. The number of methoxy groups -OCH3 is 1. The number of anilines is 1. The van der Waals surface area contributed by atoms with Crippen molar-refractivity contribution in [1.29, 1.82) is 0 Å². The molecule has 0 bridgehead atoms. The van der Waals surface area contributed by atoms with Gasteiger partial charge in [-0.2, -0.15) is 5.10 Å². The fourth-order valence-corrected chi connectivity index (χ4v) is 3.63. The minimum atomic E-state index is -0.434. The fourth-order valence-electron chi connectivity index (χ4n) is 3.51. The number of ether oxygens (including phenoxy) is 1. The lowest BCUT2D eigenvalue weighted by molar-refractivity contribution is 0.0926. The summed E-state index contributed by atoms with van der Waals surface area (Å²) in [6.07, 6.45) is 1.39. The molecule has 5 rings (SSSR count). The number of H-pyrrole nitrogens is 1. The molecule has 1 aliphatic rings. The van der Waals surface area contributed by atoms with Crippen molar-refractivity contribution in [2.24, 2.45) is 0 Å². The van der Waals surface area contributed by atoms with Crippen molar-refractivity contribution < 1.29 is 14.3 Å². The predicted molar refractivity (Wildman–Crippen MR) is 108 cm³/mol. The average molecular weight is 405 g/mol. The van der Waals surface area contributed by atoms with E-state index in [9.17, 15) is 9.59 Å². The van der Waals surface area contributed by atoms with Gasteiger partial charge >= 0.3 is 0 Å². The first kappa shape index (κ1) is 17.4. The third-order valence-electron chi connectivity index (χ3n) is 4.88. The Morgan fingerprint density at radius 3 is 2.62 bits per heavy atom. The van der Waals surface area contributed by atoms with E-state index < -0.39 is 11.8 Å². The van der Waals surface area contributed by atoms with Crippen molar-refractivity contribution in [1.82, 2.24) is 15.2 Å². The molecule has 0 fully saturated rings. The average Bonchev–Trinajstić information content (AvgIpc) is 3.28. The maximum absolute atomic E-state index is 13.3. The van der Waals surface area contributed by atoms with Crippen LogP contribution in [0, 0.1) is 0 Å². The van der Waals surface area contributed by atoms with Crippen LogP contribution in [0.4, 0.5) is 5.69 Å². The molecule has 2 amide bonds. The largest absolute Gasteiger partial charge is 0.497 e. The summed E-state index contributed by atoms with van der Waals surface area (Å²) < 4.78 is 5.22. The number of pyridine rings is 1. The molecule has 4 aromatic rings. The number of imide groups is 1. The number of hydrogen-bond donors (Lipinski definition) is 1. The van der Waals surface area contributed by atoms with Crippen LogP contribution in [0.1, 0.15) is 20.7 Å². The summed E-state index contributed by atoms with van der Waals surface area (Å²) in [7, 11) is 1.53. The first-order chi connectivity index (χ1) is 14.1. The second kappa shape index (κ2) is 6.42. The van der Waals surface area contributed by atoms with E-state index in [4.69, 9.17) is 16.3 Å². The van der Waals surface area contributed by atoms with Gasteiger partial charge in [0.15, 0.2) is 5.65 Å². The summed E-state index contributed by atoms with van der Waals surface area (Å²) in [4.78, 5) is 31.8. The molecule has 1 N–H and O–H groups in total. The third kappa shape index (κ3) is 2.59. The maximum atomic E-state index is 13.3. The molecular formula is C21H13ClN4O3. The van der Waals surface area contributed by atoms with Crippen molar-refractivity contribution in [2.75, 3.05) is 12.0 Å². The van der Waals surface area contributed by atoms with Crippen LogP contribution >= 0.6 is 11.6 Å². The summed E-state index contributed by atoms with van der Waals surface area (Å²) >= 11 is 5.99. The molecule has 0 atom stereocenters. The Morgan fingerprint density at radius 2 is 1.86 bits per heavy atom. The topological polar surface area (TPSA) is 88.2 Å². The van der Waals surface area contributed by atoms with Gasteiger partial charge in [-0.25, -0.2) is 9.88 Å². The highest BCUT2D eigenvalue weighted by atomic mass is 35.5. The lowest BCUT2D eigenvalue weighted by atomic mass is 10.0. The van der Waals surface area contributed by atoms with E-state index in [1.807, 2.05) is 12.1 Å². The number of benzene rings is 2. The van der Waals surface area contributed by atoms with Crippen molar-refractivity contribution >= 4 is 40.1 Å². The highest BCUT2D eigenvalue weighted by Crippen LogP contribution is 2.37. The first-order valence-corrected chi connectivity index (χ1v) is 9.12. The SMILES string of the molecule is COc1cccc(N2C(=O)c3cnc4n[nH]c(-c5ccc(Cl)cc5)c4c3C2=O)c1.